The molecule has 1 N–H and O–H groups in total. The zero-order valence-electron chi connectivity index (χ0n) is 11.2. The molecule has 19 heavy (non-hydrogen) atoms. The Kier molecular flexibility index (Phi) is 5.16. The Balaban J connectivity index is 1.92. The van der Waals surface area contributed by atoms with Crippen molar-refractivity contribution in [3.8, 4) is 0 Å². The molecule has 1 aromatic carbocycles. The van der Waals surface area contributed by atoms with Crippen LogP contribution in [-0.2, 0) is 11.3 Å². The van der Waals surface area contributed by atoms with Crippen LogP contribution in [0.3, 0.4) is 0 Å². The number of nitrogens with zero attached hydrogens (tertiary/aromatic N) is 1. The molecule has 1 heterocycles. The Morgan fingerprint density at radius 1 is 1.11 bits per heavy atom. The minimum Gasteiger partial charge on any atom is -0.478 e. The van der Waals surface area contributed by atoms with Gasteiger partial charge in [0.05, 0.1) is 0 Å². The molecule has 1 aromatic rings. The van der Waals surface area contributed by atoms with Gasteiger partial charge in [0, 0.05) is 12.6 Å². The Morgan fingerprint density at radius 3 is 2.32 bits per heavy atom. The highest BCUT2D eigenvalue weighted by molar-refractivity contribution is 5.85. The molecule has 0 atom stereocenters. The number of aliphatic carboxylic acids is 1. The zero-order chi connectivity index (χ0) is 13.5. The topological polar surface area (TPSA) is 40.5 Å². The second-order valence-corrected chi connectivity index (χ2v) is 5.10. The molecule has 102 valence electrons. The van der Waals surface area contributed by atoms with Gasteiger partial charge in [-0.05, 0) is 43.1 Å². The van der Waals surface area contributed by atoms with Crippen LogP contribution < -0.4 is 0 Å². The van der Waals surface area contributed by atoms with Crippen molar-refractivity contribution in [2.24, 2.45) is 0 Å². The van der Waals surface area contributed by atoms with Gasteiger partial charge in [-0.3, -0.25) is 4.90 Å². The molecule has 2 rings (SSSR count). The molecule has 3 heteroatoms. The van der Waals surface area contributed by atoms with Crippen molar-refractivity contribution in [3.63, 3.8) is 0 Å². The van der Waals surface area contributed by atoms with Gasteiger partial charge in [0.2, 0.25) is 0 Å². The molecule has 0 aromatic heterocycles. The van der Waals surface area contributed by atoms with Crippen molar-refractivity contribution in [2.75, 3.05) is 13.1 Å². The lowest BCUT2D eigenvalue weighted by Crippen LogP contribution is -2.23. The number of carboxylic acid groups (broad SMARTS) is 1. The van der Waals surface area contributed by atoms with Crippen LogP contribution in [-0.4, -0.2) is 29.1 Å². The lowest BCUT2D eigenvalue weighted by atomic mass is 10.1. The van der Waals surface area contributed by atoms with Gasteiger partial charge in [-0.1, -0.05) is 37.1 Å². The SMILES string of the molecule is O=C(O)C=Cc1ccc(CN2CCCCCC2)cc1. The summed E-state index contributed by atoms with van der Waals surface area (Å²) in [5.41, 5.74) is 2.23. The van der Waals surface area contributed by atoms with Crippen LogP contribution in [0.25, 0.3) is 6.08 Å². The summed E-state index contributed by atoms with van der Waals surface area (Å²) in [5.74, 6) is -0.909. The second-order valence-electron chi connectivity index (χ2n) is 5.10. The number of hydrogen-bond donors (Lipinski definition) is 1. The van der Waals surface area contributed by atoms with Crippen molar-refractivity contribution in [1.29, 1.82) is 0 Å². The van der Waals surface area contributed by atoms with Crippen molar-refractivity contribution in [3.05, 3.63) is 41.5 Å². The van der Waals surface area contributed by atoms with Crippen molar-refractivity contribution in [2.45, 2.75) is 32.2 Å². The summed E-state index contributed by atoms with van der Waals surface area (Å²) in [7, 11) is 0. The van der Waals surface area contributed by atoms with Gasteiger partial charge >= 0.3 is 5.97 Å². The molecular formula is C16H21NO2. The average molecular weight is 259 g/mol. The van der Waals surface area contributed by atoms with Crippen molar-refractivity contribution in [1.82, 2.24) is 4.90 Å². The molecule has 0 radical (unpaired) electrons. The van der Waals surface area contributed by atoms with E-state index in [0.717, 1.165) is 12.1 Å². The number of benzene rings is 1. The molecular weight excluding hydrogens is 238 g/mol. The van der Waals surface area contributed by atoms with Crippen LogP contribution >= 0.6 is 0 Å². The largest absolute Gasteiger partial charge is 0.478 e. The van der Waals surface area contributed by atoms with Gasteiger partial charge in [-0.2, -0.15) is 0 Å². The van der Waals surface area contributed by atoms with E-state index >= 15 is 0 Å². The first kappa shape index (κ1) is 13.8. The van der Waals surface area contributed by atoms with Gasteiger partial charge < -0.3 is 5.11 Å². The van der Waals surface area contributed by atoms with Crippen LogP contribution in [0.1, 0.15) is 36.8 Å². The quantitative estimate of drug-likeness (QED) is 0.844. The lowest BCUT2D eigenvalue weighted by Gasteiger charge is -2.19. The fraction of sp³-hybridized carbons (Fsp3) is 0.438. The first-order valence-electron chi connectivity index (χ1n) is 6.96. The van der Waals surface area contributed by atoms with Gasteiger partial charge in [-0.25, -0.2) is 4.79 Å². The van der Waals surface area contributed by atoms with Crippen LogP contribution in [0.4, 0.5) is 0 Å². The number of likely N-dealkylation sites (tertiary alicyclic amines) is 1. The van der Waals surface area contributed by atoms with Gasteiger partial charge in [-0.15, -0.1) is 0 Å². The number of carbonyl (C=O) groups is 1. The van der Waals surface area contributed by atoms with Crippen LogP contribution in [0, 0.1) is 0 Å². The minimum absolute atomic E-state index is 0.909. The summed E-state index contributed by atoms with van der Waals surface area (Å²) in [6.45, 7) is 3.39. The Hall–Kier alpha value is -1.61. The third kappa shape index (κ3) is 4.87. The van der Waals surface area contributed by atoms with E-state index in [1.165, 1.54) is 50.4 Å². The van der Waals surface area contributed by atoms with Gasteiger partial charge in [0.1, 0.15) is 0 Å². The highest BCUT2D eigenvalue weighted by atomic mass is 16.4. The maximum Gasteiger partial charge on any atom is 0.328 e. The summed E-state index contributed by atoms with van der Waals surface area (Å²) in [4.78, 5) is 13.0. The Morgan fingerprint density at radius 2 is 1.74 bits per heavy atom. The van der Waals surface area contributed by atoms with E-state index in [2.05, 4.69) is 17.0 Å². The lowest BCUT2D eigenvalue weighted by molar-refractivity contribution is -0.131. The number of carboxylic acids is 1. The summed E-state index contributed by atoms with van der Waals surface area (Å²) in [6, 6.07) is 8.14. The number of rotatable bonds is 4. The summed E-state index contributed by atoms with van der Waals surface area (Å²) in [6.07, 6.45) is 8.12. The zero-order valence-corrected chi connectivity index (χ0v) is 11.2. The van der Waals surface area contributed by atoms with E-state index in [9.17, 15) is 4.79 Å². The predicted octanol–water partition coefficient (Wildman–Crippen LogP) is 3.16. The van der Waals surface area contributed by atoms with E-state index in [1.54, 1.807) is 6.08 Å². The maximum atomic E-state index is 10.4. The van der Waals surface area contributed by atoms with Crippen LogP contribution in [0.2, 0.25) is 0 Å². The smallest absolute Gasteiger partial charge is 0.328 e. The minimum atomic E-state index is -0.909. The summed E-state index contributed by atoms with van der Waals surface area (Å²) >= 11 is 0. The predicted molar refractivity (Wildman–Crippen MR) is 76.9 cm³/mol. The first-order valence-corrected chi connectivity index (χ1v) is 6.96. The van der Waals surface area contributed by atoms with Crippen LogP contribution in [0.15, 0.2) is 30.3 Å². The molecule has 1 aliphatic heterocycles. The normalized spacial score (nSPS) is 17.5. The van der Waals surface area contributed by atoms with E-state index in [0.29, 0.717) is 0 Å². The van der Waals surface area contributed by atoms with Crippen molar-refractivity contribution < 1.29 is 9.90 Å². The number of hydrogen-bond acceptors (Lipinski definition) is 2. The fourth-order valence-corrected chi connectivity index (χ4v) is 2.45. The molecule has 1 aliphatic rings. The van der Waals surface area contributed by atoms with E-state index in [4.69, 9.17) is 5.11 Å². The standard InChI is InChI=1S/C16H21NO2/c18-16(19)10-9-14-5-7-15(8-6-14)13-17-11-3-1-2-4-12-17/h5-10H,1-4,11-13H2,(H,18,19). The molecule has 0 bridgehead atoms. The van der Waals surface area contributed by atoms with E-state index < -0.39 is 5.97 Å². The highest BCUT2D eigenvalue weighted by Gasteiger charge is 2.08. The van der Waals surface area contributed by atoms with Crippen LogP contribution in [0.5, 0.6) is 0 Å². The van der Waals surface area contributed by atoms with E-state index in [-0.39, 0.29) is 0 Å². The molecule has 1 saturated heterocycles. The summed E-state index contributed by atoms with van der Waals surface area (Å²) < 4.78 is 0. The van der Waals surface area contributed by atoms with E-state index in [1.807, 2.05) is 12.1 Å². The molecule has 0 spiro atoms. The molecule has 0 unspecified atom stereocenters. The Labute approximate surface area is 114 Å². The average Bonchev–Trinajstić information content (AvgIpc) is 2.66. The molecule has 0 saturated carbocycles. The highest BCUT2D eigenvalue weighted by Crippen LogP contribution is 2.14. The fourth-order valence-electron chi connectivity index (χ4n) is 2.45. The monoisotopic (exact) mass is 259 g/mol. The molecule has 0 amide bonds. The summed E-state index contributed by atoms with van der Waals surface area (Å²) in [5, 5.41) is 8.58. The third-order valence-electron chi connectivity index (χ3n) is 3.50. The Bertz CT molecular complexity index is 429. The first-order chi connectivity index (χ1) is 9.24. The second kappa shape index (κ2) is 7.10. The van der Waals surface area contributed by atoms with Crippen molar-refractivity contribution >= 4 is 12.0 Å². The van der Waals surface area contributed by atoms with Gasteiger partial charge in [0.15, 0.2) is 0 Å². The maximum absolute atomic E-state index is 10.4. The van der Waals surface area contributed by atoms with Gasteiger partial charge in [0.25, 0.3) is 0 Å². The third-order valence-corrected chi connectivity index (χ3v) is 3.50. The molecule has 3 nitrogen and oxygen atoms in total. The molecule has 0 aliphatic carbocycles. The molecule has 1 fully saturated rings.